The van der Waals surface area contributed by atoms with Gasteiger partial charge in [0.2, 0.25) is 0 Å². The minimum absolute atomic E-state index is 0.000702. The Kier molecular flexibility index (Phi) is 5.37. The molecular formula is C19H24N2O2. The van der Waals surface area contributed by atoms with Gasteiger partial charge in [-0.05, 0) is 38.3 Å². The van der Waals surface area contributed by atoms with Crippen molar-refractivity contribution in [2.24, 2.45) is 0 Å². The fourth-order valence-corrected chi connectivity index (χ4v) is 2.98. The number of rotatable bonds is 6. The lowest BCUT2D eigenvalue weighted by Crippen LogP contribution is -2.31. The van der Waals surface area contributed by atoms with Crippen LogP contribution >= 0.6 is 0 Å². The van der Waals surface area contributed by atoms with E-state index in [0.717, 1.165) is 16.8 Å². The number of Topliss-reactive ketones (excluding diaryl/α,β-unsaturated/α-hetero) is 1. The smallest absolute Gasteiger partial charge is 0.270 e. The zero-order chi connectivity index (χ0) is 17.0. The Morgan fingerprint density at radius 3 is 2.30 bits per heavy atom. The maximum atomic E-state index is 12.9. The first kappa shape index (κ1) is 17.0. The topological polar surface area (TPSA) is 53.2 Å². The summed E-state index contributed by atoms with van der Waals surface area (Å²) in [5.41, 5.74) is 3.90. The van der Waals surface area contributed by atoms with Crippen LogP contribution in [0.4, 0.5) is 0 Å². The van der Waals surface area contributed by atoms with E-state index < -0.39 is 0 Å². The van der Waals surface area contributed by atoms with Gasteiger partial charge in [0.15, 0.2) is 5.78 Å². The van der Waals surface area contributed by atoms with Crippen molar-refractivity contribution in [1.82, 2.24) is 9.88 Å². The molecular weight excluding hydrogens is 288 g/mol. The van der Waals surface area contributed by atoms with Crippen LogP contribution in [-0.2, 0) is 13.0 Å². The average molecular weight is 312 g/mol. The van der Waals surface area contributed by atoms with Gasteiger partial charge < -0.3 is 9.88 Å². The van der Waals surface area contributed by atoms with Gasteiger partial charge in [-0.3, -0.25) is 9.59 Å². The van der Waals surface area contributed by atoms with Crippen LogP contribution in [0.3, 0.4) is 0 Å². The van der Waals surface area contributed by atoms with E-state index in [-0.39, 0.29) is 11.7 Å². The SMILES string of the molecule is CCc1c(C(=O)N(CC)Cc2ccccc2)[nH]c(C)c1C(C)=O. The largest absolute Gasteiger partial charge is 0.354 e. The lowest BCUT2D eigenvalue weighted by atomic mass is 10.0. The molecule has 4 nitrogen and oxygen atoms in total. The van der Waals surface area contributed by atoms with Crippen LogP contribution in [0.15, 0.2) is 30.3 Å². The van der Waals surface area contributed by atoms with Gasteiger partial charge in [0.25, 0.3) is 5.91 Å². The highest BCUT2D eigenvalue weighted by atomic mass is 16.2. The molecule has 1 amide bonds. The number of nitrogens with one attached hydrogen (secondary N) is 1. The van der Waals surface area contributed by atoms with Crippen molar-refractivity contribution >= 4 is 11.7 Å². The van der Waals surface area contributed by atoms with Crippen LogP contribution in [-0.4, -0.2) is 28.1 Å². The van der Waals surface area contributed by atoms with Crippen LogP contribution in [0.2, 0.25) is 0 Å². The molecule has 0 spiro atoms. The summed E-state index contributed by atoms with van der Waals surface area (Å²) in [6, 6.07) is 9.93. The van der Waals surface area contributed by atoms with Gasteiger partial charge in [0, 0.05) is 24.3 Å². The van der Waals surface area contributed by atoms with Crippen molar-refractivity contribution in [2.75, 3.05) is 6.54 Å². The third-order valence-electron chi connectivity index (χ3n) is 4.10. The molecule has 0 aliphatic carbocycles. The third-order valence-corrected chi connectivity index (χ3v) is 4.10. The Hall–Kier alpha value is -2.36. The number of benzene rings is 1. The molecule has 1 heterocycles. The minimum Gasteiger partial charge on any atom is -0.354 e. The summed E-state index contributed by atoms with van der Waals surface area (Å²) >= 11 is 0. The maximum Gasteiger partial charge on any atom is 0.270 e. The molecule has 23 heavy (non-hydrogen) atoms. The number of aromatic amines is 1. The van der Waals surface area contributed by atoms with Crippen molar-refractivity contribution in [1.29, 1.82) is 0 Å². The molecule has 1 aromatic carbocycles. The summed E-state index contributed by atoms with van der Waals surface area (Å²) in [6.45, 7) is 8.51. The Bertz CT molecular complexity index is 702. The number of hydrogen-bond donors (Lipinski definition) is 1. The first-order chi connectivity index (χ1) is 11.0. The maximum absolute atomic E-state index is 12.9. The molecule has 0 fully saturated rings. The van der Waals surface area contributed by atoms with E-state index in [1.165, 1.54) is 0 Å². The molecule has 0 saturated carbocycles. The monoisotopic (exact) mass is 312 g/mol. The van der Waals surface area contributed by atoms with Crippen molar-refractivity contribution in [3.8, 4) is 0 Å². The summed E-state index contributed by atoms with van der Waals surface area (Å²) in [5.74, 6) is -0.0513. The fraction of sp³-hybridized carbons (Fsp3) is 0.368. The number of ketones is 1. The number of amides is 1. The van der Waals surface area contributed by atoms with E-state index in [1.807, 2.05) is 51.1 Å². The lowest BCUT2D eigenvalue weighted by molar-refractivity contribution is 0.0746. The third kappa shape index (κ3) is 3.52. The van der Waals surface area contributed by atoms with Crippen LogP contribution < -0.4 is 0 Å². The highest BCUT2D eigenvalue weighted by Gasteiger charge is 2.24. The standard InChI is InChI=1S/C19H24N2O2/c1-5-16-17(14(4)22)13(3)20-18(16)19(23)21(6-2)12-15-10-8-7-9-11-15/h7-11,20H,5-6,12H2,1-4H3. The fourth-order valence-electron chi connectivity index (χ4n) is 2.98. The molecule has 0 radical (unpaired) electrons. The summed E-state index contributed by atoms with van der Waals surface area (Å²) in [5, 5.41) is 0. The highest BCUT2D eigenvalue weighted by molar-refractivity contribution is 6.02. The molecule has 0 saturated heterocycles. The second-order valence-corrected chi connectivity index (χ2v) is 5.69. The van der Waals surface area contributed by atoms with Gasteiger partial charge >= 0.3 is 0 Å². The van der Waals surface area contributed by atoms with E-state index in [4.69, 9.17) is 0 Å². The number of carbonyl (C=O) groups excluding carboxylic acids is 2. The number of aromatic nitrogens is 1. The predicted octanol–water partition coefficient (Wildman–Crippen LogP) is 3.75. The van der Waals surface area contributed by atoms with Crippen molar-refractivity contribution in [3.63, 3.8) is 0 Å². The Morgan fingerprint density at radius 1 is 1.13 bits per heavy atom. The van der Waals surface area contributed by atoms with Gasteiger partial charge in [-0.2, -0.15) is 0 Å². The van der Waals surface area contributed by atoms with Crippen LogP contribution in [0.1, 0.15) is 58.4 Å². The van der Waals surface area contributed by atoms with E-state index in [0.29, 0.717) is 30.8 Å². The van der Waals surface area contributed by atoms with E-state index >= 15 is 0 Å². The highest BCUT2D eigenvalue weighted by Crippen LogP contribution is 2.22. The van der Waals surface area contributed by atoms with E-state index in [2.05, 4.69) is 4.98 Å². The van der Waals surface area contributed by atoms with Crippen molar-refractivity contribution in [2.45, 2.75) is 40.7 Å². The summed E-state index contributed by atoms with van der Waals surface area (Å²) < 4.78 is 0. The second kappa shape index (κ2) is 7.27. The van der Waals surface area contributed by atoms with Gasteiger partial charge in [0.05, 0.1) is 0 Å². The average Bonchev–Trinajstić information content (AvgIpc) is 2.89. The summed E-state index contributed by atoms with van der Waals surface area (Å²) in [7, 11) is 0. The molecule has 2 aromatic rings. The summed E-state index contributed by atoms with van der Waals surface area (Å²) in [4.78, 5) is 29.7. The van der Waals surface area contributed by atoms with Gasteiger partial charge in [-0.15, -0.1) is 0 Å². The predicted molar refractivity (Wildman–Crippen MR) is 91.8 cm³/mol. The van der Waals surface area contributed by atoms with Gasteiger partial charge in [-0.1, -0.05) is 37.3 Å². The Labute approximate surface area is 137 Å². The first-order valence-corrected chi connectivity index (χ1v) is 8.05. The quantitative estimate of drug-likeness (QED) is 0.826. The molecule has 122 valence electrons. The molecule has 1 aromatic heterocycles. The second-order valence-electron chi connectivity index (χ2n) is 5.69. The number of carbonyl (C=O) groups is 2. The lowest BCUT2D eigenvalue weighted by Gasteiger charge is -2.21. The molecule has 4 heteroatoms. The molecule has 0 aliphatic heterocycles. The minimum atomic E-state index is -0.0520. The van der Waals surface area contributed by atoms with Crippen LogP contribution in [0.25, 0.3) is 0 Å². The molecule has 0 atom stereocenters. The molecule has 0 unspecified atom stereocenters. The number of H-pyrrole nitrogens is 1. The Balaban J connectivity index is 2.34. The molecule has 0 aliphatic rings. The normalized spacial score (nSPS) is 10.6. The zero-order valence-corrected chi connectivity index (χ0v) is 14.3. The Morgan fingerprint density at radius 2 is 1.78 bits per heavy atom. The van der Waals surface area contributed by atoms with Crippen LogP contribution in [0.5, 0.6) is 0 Å². The zero-order valence-electron chi connectivity index (χ0n) is 14.3. The molecule has 1 N–H and O–H groups in total. The first-order valence-electron chi connectivity index (χ1n) is 8.05. The number of nitrogens with zero attached hydrogens (tertiary/aromatic N) is 1. The van der Waals surface area contributed by atoms with Gasteiger partial charge in [0.1, 0.15) is 5.69 Å². The molecule has 2 rings (SSSR count). The summed E-state index contributed by atoms with van der Waals surface area (Å²) in [6.07, 6.45) is 0.656. The van der Waals surface area contributed by atoms with E-state index in [9.17, 15) is 9.59 Å². The molecule has 0 bridgehead atoms. The van der Waals surface area contributed by atoms with E-state index in [1.54, 1.807) is 11.8 Å². The van der Waals surface area contributed by atoms with Gasteiger partial charge in [-0.25, -0.2) is 0 Å². The number of hydrogen-bond acceptors (Lipinski definition) is 2. The number of aryl methyl sites for hydroxylation is 1. The van der Waals surface area contributed by atoms with Crippen LogP contribution in [0, 0.1) is 6.92 Å². The van der Waals surface area contributed by atoms with Crippen molar-refractivity contribution < 1.29 is 9.59 Å². The van der Waals surface area contributed by atoms with Crippen molar-refractivity contribution in [3.05, 3.63) is 58.4 Å².